The van der Waals surface area contributed by atoms with Crippen molar-refractivity contribution in [3.63, 3.8) is 0 Å². The van der Waals surface area contributed by atoms with E-state index in [-0.39, 0.29) is 21.2 Å². The SMILES string of the molecule is O=C(O)c1cc(S(=O)(=O)Nc2ccc(O)cc2)cs1. The normalized spacial score (nSPS) is 11.2. The van der Waals surface area contributed by atoms with Crippen molar-refractivity contribution < 1.29 is 23.4 Å². The highest BCUT2D eigenvalue weighted by Gasteiger charge is 2.18. The summed E-state index contributed by atoms with van der Waals surface area (Å²) in [4.78, 5) is 10.5. The number of nitrogens with one attached hydrogen (secondary N) is 1. The minimum Gasteiger partial charge on any atom is -0.508 e. The number of anilines is 1. The number of carbonyl (C=O) groups is 1. The van der Waals surface area contributed by atoms with E-state index in [9.17, 15) is 13.2 Å². The van der Waals surface area contributed by atoms with Crippen LogP contribution in [0.1, 0.15) is 9.67 Å². The third kappa shape index (κ3) is 3.04. The van der Waals surface area contributed by atoms with Gasteiger partial charge >= 0.3 is 5.97 Å². The molecule has 0 amide bonds. The number of benzene rings is 1. The number of phenols is 1. The maximum absolute atomic E-state index is 12.0. The number of rotatable bonds is 4. The molecule has 2 rings (SSSR count). The van der Waals surface area contributed by atoms with E-state index in [1.807, 2.05) is 0 Å². The third-order valence-electron chi connectivity index (χ3n) is 2.22. The number of phenolic OH excluding ortho intramolecular Hbond substituents is 1. The molecular formula is C11H9NO5S2. The van der Waals surface area contributed by atoms with Crippen LogP contribution in [0.4, 0.5) is 5.69 Å². The molecular weight excluding hydrogens is 290 g/mol. The van der Waals surface area contributed by atoms with Crippen LogP contribution in [-0.2, 0) is 10.0 Å². The molecule has 0 aliphatic heterocycles. The summed E-state index contributed by atoms with van der Waals surface area (Å²) in [5.74, 6) is -1.15. The van der Waals surface area contributed by atoms with Crippen LogP contribution in [0.15, 0.2) is 40.6 Å². The lowest BCUT2D eigenvalue weighted by Gasteiger charge is -2.06. The summed E-state index contributed by atoms with van der Waals surface area (Å²) in [7, 11) is -3.82. The average Bonchev–Trinajstić information content (AvgIpc) is 2.82. The number of carboxylic acid groups (broad SMARTS) is 1. The van der Waals surface area contributed by atoms with Crippen LogP contribution in [0.2, 0.25) is 0 Å². The van der Waals surface area contributed by atoms with E-state index >= 15 is 0 Å². The Kier molecular flexibility index (Phi) is 3.45. The van der Waals surface area contributed by atoms with Gasteiger partial charge in [-0.25, -0.2) is 13.2 Å². The third-order valence-corrected chi connectivity index (χ3v) is 4.64. The van der Waals surface area contributed by atoms with Gasteiger partial charge in [0.05, 0.1) is 4.90 Å². The fourth-order valence-electron chi connectivity index (χ4n) is 1.32. The van der Waals surface area contributed by atoms with Crippen LogP contribution in [0.3, 0.4) is 0 Å². The van der Waals surface area contributed by atoms with Gasteiger partial charge in [-0.15, -0.1) is 11.3 Å². The molecule has 8 heteroatoms. The Hall–Kier alpha value is -2.06. The van der Waals surface area contributed by atoms with Gasteiger partial charge in [-0.1, -0.05) is 0 Å². The quantitative estimate of drug-likeness (QED) is 0.749. The van der Waals surface area contributed by atoms with Crippen molar-refractivity contribution in [1.82, 2.24) is 0 Å². The number of hydrogen-bond donors (Lipinski definition) is 3. The highest BCUT2D eigenvalue weighted by atomic mass is 32.2. The Morgan fingerprint density at radius 1 is 1.21 bits per heavy atom. The molecule has 0 saturated heterocycles. The van der Waals surface area contributed by atoms with E-state index < -0.39 is 16.0 Å². The lowest BCUT2D eigenvalue weighted by Crippen LogP contribution is -2.12. The van der Waals surface area contributed by atoms with Gasteiger partial charge in [-0.2, -0.15) is 0 Å². The Morgan fingerprint density at radius 3 is 2.37 bits per heavy atom. The molecule has 6 nitrogen and oxygen atoms in total. The molecule has 0 fully saturated rings. The molecule has 100 valence electrons. The maximum Gasteiger partial charge on any atom is 0.345 e. The van der Waals surface area contributed by atoms with Gasteiger partial charge in [-0.3, -0.25) is 4.72 Å². The minimum atomic E-state index is -3.82. The summed E-state index contributed by atoms with van der Waals surface area (Å²) in [5, 5.41) is 19.1. The molecule has 0 unspecified atom stereocenters. The highest BCUT2D eigenvalue weighted by Crippen LogP contribution is 2.22. The summed E-state index contributed by atoms with van der Waals surface area (Å²) >= 11 is 0.839. The molecule has 0 radical (unpaired) electrons. The fourth-order valence-corrected chi connectivity index (χ4v) is 3.49. The molecule has 1 aromatic carbocycles. The Morgan fingerprint density at radius 2 is 1.84 bits per heavy atom. The van der Waals surface area contributed by atoms with E-state index in [1.54, 1.807) is 0 Å². The van der Waals surface area contributed by atoms with Gasteiger partial charge in [0.1, 0.15) is 10.6 Å². The first-order chi connectivity index (χ1) is 8.88. The van der Waals surface area contributed by atoms with Crippen molar-refractivity contribution in [2.75, 3.05) is 4.72 Å². The number of hydrogen-bond acceptors (Lipinski definition) is 5. The summed E-state index contributed by atoms with van der Waals surface area (Å²) in [5.41, 5.74) is 0.279. The van der Waals surface area contributed by atoms with Crippen molar-refractivity contribution in [1.29, 1.82) is 0 Å². The number of sulfonamides is 1. The standard InChI is InChI=1S/C11H9NO5S2/c13-8-3-1-7(2-4-8)12-19(16,17)9-5-10(11(14)15)18-6-9/h1-6,12-13H,(H,14,15). The first kappa shape index (κ1) is 13.4. The molecule has 1 heterocycles. The van der Waals surface area contributed by atoms with Gasteiger partial charge in [0.25, 0.3) is 10.0 Å². The number of aromatic carboxylic acids is 1. The van der Waals surface area contributed by atoms with Crippen LogP contribution in [0.5, 0.6) is 5.75 Å². The summed E-state index contributed by atoms with van der Waals surface area (Å²) in [6.45, 7) is 0. The lowest BCUT2D eigenvalue weighted by molar-refractivity contribution is 0.0702. The first-order valence-electron chi connectivity index (χ1n) is 5.02. The molecule has 0 aliphatic rings. The van der Waals surface area contributed by atoms with E-state index in [0.717, 1.165) is 17.4 Å². The summed E-state index contributed by atoms with van der Waals surface area (Å²) in [6, 6.07) is 6.58. The van der Waals surface area contributed by atoms with Crippen LogP contribution < -0.4 is 4.72 Å². The molecule has 0 aliphatic carbocycles. The van der Waals surface area contributed by atoms with E-state index in [4.69, 9.17) is 10.2 Å². The second-order valence-corrected chi connectivity index (χ2v) is 6.20. The van der Waals surface area contributed by atoms with Crippen molar-refractivity contribution in [2.24, 2.45) is 0 Å². The molecule has 0 atom stereocenters. The number of carboxylic acids is 1. The second kappa shape index (κ2) is 4.90. The van der Waals surface area contributed by atoms with Gasteiger partial charge in [-0.05, 0) is 30.3 Å². The Labute approximate surface area is 113 Å². The van der Waals surface area contributed by atoms with Crippen molar-refractivity contribution in [3.05, 3.63) is 40.6 Å². The van der Waals surface area contributed by atoms with Gasteiger partial charge in [0.2, 0.25) is 0 Å². The largest absolute Gasteiger partial charge is 0.508 e. The van der Waals surface area contributed by atoms with Crippen LogP contribution >= 0.6 is 11.3 Å². The monoisotopic (exact) mass is 299 g/mol. The summed E-state index contributed by atoms with van der Waals surface area (Å²) in [6.07, 6.45) is 0. The smallest absolute Gasteiger partial charge is 0.345 e. The molecule has 0 saturated carbocycles. The molecule has 3 N–H and O–H groups in total. The van der Waals surface area contributed by atoms with E-state index in [0.29, 0.717) is 0 Å². The van der Waals surface area contributed by atoms with Gasteiger partial charge in [0, 0.05) is 11.1 Å². The van der Waals surface area contributed by atoms with Gasteiger partial charge in [0.15, 0.2) is 0 Å². The Balaban J connectivity index is 2.26. The average molecular weight is 299 g/mol. The predicted octanol–water partition coefficient (Wildman–Crippen LogP) is 1.95. The zero-order valence-electron chi connectivity index (χ0n) is 9.40. The second-order valence-electron chi connectivity index (χ2n) is 3.60. The molecule has 2 aromatic rings. The van der Waals surface area contributed by atoms with E-state index in [2.05, 4.69) is 4.72 Å². The predicted molar refractivity (Wildman–Crippen MR) is 70.2 cm³/mol. The molecule has 0 spiro atoms. The fraction of sp³-hybridized carbons (Fsp3) is 0. The first-order valence-corrected chi connectivity index (χ1v) is 7.38. The highest BCUT2D eigenvalue weighted by molar-refractivity contribution is 7.92. The zero-order valence-corrected chi connectivity index (χ0v) is 11.0. The number of aromatic hydroxyl groups is 1. The van der Waals surface area contributed by atoms with Crippen LogP contribution in [0.25, 0.3) is 0 Å². The zero-order chi connectivity index (χ0) is 14.0. The van der Waals surface area contributed by atoms with E-state index in [1.165, 1.54) is 29.6 Å². The van der Waals surface area contributed by atoms with Crippen molar-refractivity contribution in [2.45, 2.75) is 4.90 Å². The molecule has 19 heavy (non-hydrogen) atoms. The summed E-state index contributed by atoms with van der Waals surface area (Å²) < 4.78 is 26.2. The van der Waals surface area contributed by atoms with Crippen LogP contribution in [-0.4, -0.2) is 24.6 Å². The lowest BCUT2D eigenvalue weighted by atomic mass is 10.3. The van der Waals surface area contributed by atoms with Gasteiger partial charge < -0.3 is 10.2 Å². The van der Waals surface area contributed by atoms with Crippen molar-refractivity contribution >= 4 is 33.0 Å². The van der Waals surface area contributed by atoms with Crippen molar-refractivity contribution in [3.8, 4) is 5.75 Å². The Bertz CT molecular complexity index is 703. The number of thiophene rings is 1. The minimum absolute atomic E-state index is 0.0200. The molecule has 1 aromatic heterocycles. The molecule has 0 bridgehead atoms. The van der Waals surface area contributed by atoms with Crippen LogP contribution in [0, 0.1) is 0 Å². The topological polar surface area (TPSA) is 104 Å². The maximum atomic E-state index is 12.0.